The summed E-state index contributed by atoms with van der Waals surface area (Å²) in [5.74, 6) is 1.01. The van der Waals surface area contributed by atoms with Gasteiger partial charge in [0.15, 0.2) is 0 Å². The largest absolute Gasteiger partial charge is 0.373 e. The Balaban J connectivity index is 2.11. The van der Waals surface area contributed by atoms with Crippen molar-refractivity contribution in [3.8, 4) is 0 Å². The van der Waals surface area contributed by atoms with Gasteiger partial charge in [0, 0.05) is 24.7 Å². The van der Waals surface area contributed by atoms with Crippen LogP contribution in [0.4, 0.5) is 5.82 Å². The van der Waals surface area contributed by atoms with E-state index in [-0.39, 0.29) is 11.1 Å². The SMILES string of the molecule is CNc1cc(C(=O)NCc2c(C)noc2C)cc(Cl)n1. The van der Waals surface area contributed by atoms with Crippen LogP contribution >= 0.6 is 11.6 Å². The van der Waals surface area contributed by atoms with Gasteiger partial charge in [-0.3, -0.25) is 4.79 Å². The molecule has 6 nitrogen and oxygen atoms in total. The van der Waals surface area contributed by atoms with Crippen LogP contribution < -0.4 is 10.6 Å². The van der Waals surface area contributed by atoms with E-state index >= 15 is 0 Å². The lowest BCUT2D eigenvalue weighted by atomic mass is 10.2. The Hall–Kier alpha value is -2.08. The molecule has 20 heavy (non-hydrogen) atoms. The van der Waals surface area contributed by atoms with Gasteiger partial charge in [-0.2, -0.15) is 0 Å². The van der Waals surface area contributed by atoms with Crippen LogP contribution in [0.3, 0.4) is 0 Å². The first-order valence-electron chi connectivity index (χ1n) is 6.06. The van der Waals surface area contributed by atoms with Crippen molar-refractivity contribution in [3.63, 3.8) is 0 Å². The van der Waals surface area contributed by atoms with Crippen molar-refractivity contribution < 1.29 is 9.32 Å². The average Bonchev–Trinajstić information content (AvgIpc) is 2.74. The van der Waals surface area contributed by atoms with Crippen LogP contribution in [0.1, 0.15) is 27.4 Å². The molecule has 0 saturated carbocycles. The summed E-state index contributed by atoms with van der Waals surface area (Å²) < 4.78 is 5.05. The number of aromatic nitrogens is 2. The van der Waals surface area contributed by atoms with Crippen LogP contribution in [0.25, 0.3) is 0 Å². The minimum Gasteiger partial charge on any atom is -0.373 e. The lowest BCUT2D eigenvalue weighted by Gasteiger charge is -2.07. The highest BCUT2D eigenvalue weighted by molar-refractivity contribution is 6.29. The molecule has 0 unspecified atom stereocenters. The second kappa shape index (κ2) is 5.92. The molecule has 2 heterocycles. The van der Waals surface area contributed by atoms with Gasteiger partial charge < -0.3 is 15.2 Å². The molecule has 0 radical (unpaired) electrons. The third-order valence-corrected chi connectivity index (χ3v) is 3.11. The van der Waals surface area contributed by atoms with Crippen LogP contribution in [0, 0.1) is 13.8 Å². The van der Waals surface area contributed by atoms with Crippen molar-refractivity contribution in [2.24, 2.45) is 0 Å². The number of nitrogens with one attached hydrogen (secondary N) is 2. The number of carbonyl (C=O) groups excluding carboxylic acids is 1. The number of nitrogens with zero attached hydrogens (tertiary/aromatic N) is 2. The molecule has 0 fully saturated rings. The molecule has 0 saturated heterocycles. The van der Waals surface area contributed by atoms with E-state index in [2.05, 4.69) is 20.8 Å². The molecule has 2 aromatic rings. The highest BCUT2D eigenvalue weighted by Gasteiger charge is 2.12. The summed E-state index contributed by atoms with van der Waals surface area (Å²) in [5.41, 5.74) is 2.10. The summed E-state index contributed by atoms with van der Waals surface area (Å²) in [5, 5.41) is 9.76. The minimum atomic E-state index is -0.231. The number of hydrogen-bond donors (Lipinski definition) is 2. The molecular formula is C13H15ClN4O2. The Morgan fingerprint density at radius 1 is 1.40 bits per heavy atom. The Bertz CT molecular complexity index is 620. The smallest absolute Gasteiger partial charge is 0.251 e. The zero-order valence-corrected chi connectivity index (χ0v) is 12.2. The van der Waals surface area contributed by atoms with Gasteiger partial charge >= 0.3 is 0 Å². The highest BCUT2D eigenvalue weighted by Crippen LogP contribution is 2.15. The quantitative estimate of drug-likeness (QED) is 0.846. The average molecular weight is 295 g/mol. The maximum absolute atomic E-state index is 12.1. The van der Waals surface area contributed by atoms with Gasteiger partial charge in [0.25, 0.3) is 5.91 Å². The van der Waals surface area contributed by atoms with Gasteiger partial charge in [0.05, 0.1) is 5.69 Å². The fraction of sp³-hybridized carbons (Fsp3) is 0.308. The zero-order chi connectivity index (χ0) is 14.7. The van der Waals surface area contributed by atoms with Crippen LogP contribution in [-0.4, -0.2) is 23.1 Å². The molecule has 106 valence electrons. The minimum absolute atomic E-state index is 0.231. The number of rotatable bonds is 4. The summed E-state index contributed by atoms with van der Waals surface area (Å²) in [4.78, 5) is 16.1. The number of aryl methyl sites for hydroxylation is 2. The molecule has 0 spiro atoms. The van der Waals surface area contributed by atoms with E-state index in [4.69, 9.17) is 16.1 Å². The van der Waals surface area contributed by atoms with Gasteiger partial charge in [0.1, 0.15) is 16.7 Å². The van der Waals surface area contributed by atoms with Gasteiger partial charge in [-0.15, -0.1) is 0 Å². The predicted octanol–water partition coefficient (Wildman–Crippen LogP) is 2.31. The molecule has 2 N–H and O–H groups in total. The maximum Gasteiger partial charge on any atom is 0.251 e. The van der Waals surface area contributed by atoms with Crippen LogP contribution in [0.2, 0.25) is 5.15 Å². The predicted molar refractivity (Wildman–Crippen MR) is 75.9 cm³/mol. The number of anilines is 1. The normalized spacial score (nSPS) is 10.4. The lowest BCUT2D eigenvalue weighted by molar-refractivity contribution is 0.0950. The van der Waals surface area contributed by atoms with Gasteiger partial charge in [-0.05, 0) is 26.0 Å². The first kappa shape index (κ1) is 14.3. The number of hydrogen-bond acceptors (Lipinski definition) is 5. The number of amides is 1. The fourth-order valence-corrected chi connectivity index (χ4v) is 1.99. The Kier molecular flexibility index (Phi) is 4.24. The fourth-order valence-electron chi connectivity index (χ4n) is 1.78. The highest BCUT2D eigenvalue weighted by atomic mass is 35.5. The number of pyridine rings is 1. The van der Waals surface area contributed by atoms with Crippen molar-refractivity contribution in [2.45, 2.75) is 20.4 Å². The van der Waals surface area contributed by atoms with Crippen molar-refractivity contribution >= 4 is 23.3 Å². The van der Waals surface area contributed by atoms with Gasteiger partial charge in [-0.25, -0.2) is 4.98 Å². The number of carbonyl (C=O) groups is 1. The second-order valence-electron chi connectivity index (χ2n) is 4.30. The van der Waals surface area contributed by atoms with E-state index in [0.717, 1.165) is 11.3 Å². The van der Waals surface area contributed by atoms with Crippen LogP contribution in [0.5, 0.6) is 0 Å². The Morgan fingerprint density at radius 3 is 2.75 bits per heavy atom. The second-order valence-corrected chi connectivity index (χ2v) is 4.69. The lowest BCUT2D eigenvalue weighted by Crippen LogP contribution is -2.23. The summed E-state index contributed by atoms with van der Waals surface area (Å²) in [6.45, 7) is 4.00. The summed E-state index contributed by atoms with van der Waals surface area (Å²) >= 11 is 5.87. The summed E-state index contributed by atoms with van der Waals surface area (Å²) in [6.07, 6.45) is 0. The van der Waals surface area contributed by atoms with E-state index < -0.39 is 0 Å². The standard InChI is InChI=1S/C13H15ClN4O2/c1-7-10(8(2)20-18-7)6-16-13(19)9-4-11(14)17-12(5-9)15-3/h4-5H,6H2,1-3H3,(H,15,17)(H,16,19). The van der Waals surface area contributed by atoms with E-state index in [1.807, 2.05) is 13.8 Å². The van der Waals surface area contributed by atoms with Crippen molar-refractivity contribution in [3.05, 3.63) is 39.9 Å². The van der Waals surface area contributed by atoms with Gasteiger partial charge in [0.2, 0.25) is 0 Å². The molecule has 0 aliphatic carbocycles. The van der Waals surface area contributed by atoms with Gasteiger partial charge in [-0.1, -0.05) is 16.8 Å². The van der Waals surface area contributed by atoms with Crippen molar-refractivity contribution in [2.75, 3.05) is 12.4 Å². The van der Waals surface area contributed by atoms with E-state index in [1.165, 1.54) is 6.07 Å². The third-order valence-electron chi connectivity index (χ3n) is 2.92. The van der Waals surface area contributed by atoms with Crippen LogP contribution in [-0.2, 0) is 6.54 Å². The molecule has 2 aromatic heterocycles. The van der Waals surface area contributed by atoms with Crippen LogP contribution in [0.15, 0.2) is 16.7 Å². The Labute approximate surface area is 121 Å². The van der Waals surface area contributed by atoms with E-state index in [1.54, 1.807) is 13.1 Å². The topological polar surface area (TPSA) is 80.0 Å². The maximum atomic E-state index is 12.1. The summed E-state index contributed by atoms with van der Waals surface area (Å²) in [6, 6.07) is 3.15. The first-order chi connectivity index (χ1) is 9.51. The van der Waals surface area contributed by atoms with E-state index in [0.29, 0.717) is 23.7 Å². The van der Waals surface area contributed by atoms with Crippen molar-refractivity contribution in [1.82, 2.24) is 15.5 Å². The third kappa shape index (κ3) is 3.08. The molecule has 0 bridgehead atoms. The molecule has 0 aliphatic heterocycles. The number of halogens is 1. The zero-order valence-electron chi connectivity index (χ0n) is 11.5. The van der Waals surface area contributed by atoms with E-state index in [9.17, 15) is 4.79 Å². The molecule has 0 atom stereocenters. The first-order valence-corrected chi connectivity index (χ1v) is 6.44. The molecule has 1 amide bonds. The molecule has 0 aromatic carbocycles. The molecule has 0 aliphatic rings. The molecule has 7 heteroatoms. The van der Waals surface area contributed by atoms with Crippen molar-refractivity contribution in [1.29, 1.82) is 0 Å². The monoisotopic (exact) mass is 294 g/mol. The Morgan fingerprint density at radius 2 is 2.15 bits per heavy atom. The molecule has 2 rings (SSSR count). The molecular weight excluding hydrogens is 280 g/mol. The summed E-state index contributed by atoms with van der Waals surface area (Å²) in [7, 11) is 1.71.